The monoisotopic (exact) mass is 273 g/mol. The van der Waals surface area contributed by atoms with Crippen LogP contribution in [0.15, 0.2) is 18.2 Å². The Morgan fingerprint density at radius 2 is 2.06 bits per heavy atom. The number of ether oxygens (including phenoxy) is 1. The van der Waals surface area contributed by atoms with Crippen LogP contribution in [-0.2, 0) is 4.74 Å². The smallest absolute Gasteiger partial charge is 0.356 e. The summed E-state index contributed by atoms with van der Waals surface area (Å²) in [7, 11) is 1.20. The van der Waals surface area contributed by atoms with Gasteiger partial charge in [0.2, 0.25) is 0 Å². The van der Waals surface area contributed by atoms with Crippen molar-refractivity contribution in [2.24, 2.45) is 0 Å². The maximum atomic E-state index is 13.7. The van der Waals surface area contributed by atoms with Crippen molar-refractivity contribution in [1.82, 2.24) is 4.98 Å². The fraction of sp³-hybridized carbons (Fsp3) is 0.0909. The number of fused-ring (bicyclic) bond motifs is 1. The van der Waals surface area contributed by atoms with Crippen molar-refractivity contribution in [3.05, 3.63) is 39.8 Å². The first kappa shape index (κ1) is 12.1. The zero-order valence-corrected chi connectivity index (χ0v) is 10.1. The number of rotatable bonds is 1. The Morgan fingerprint density at radius 1 is 1.35 bits per heavy atom. The van der Waals surface area contributed by atoms with E-state index < -0.39 is 11.8 Å². The van der Waals surface area contributed by atoms with Gasteiger partial charge in [-0.2, -0.15) is 0 Å². The summed E-state index contributed by atoms with van der Waals surface area (Å²) in [6, 6.07) is 4.24. The van der Waals surface area contributed by atoms with E-state index in [1.165, 1.54) is 25.3 Å². The van der Waals surface area contributed by atoms with Gasteiger partial charge in [-0.3, -0.25) is 0 Å². The molecule has 0 radical (unpaired) electrons. The molecule has 0 atom stereocenters. The minimum absolute atomic E-state index is 0.0506. The molecule has 0 bridgehead atoms. The van der Waals surface area contributed by atoms with Gasteiger partial charge in [0.1, 0.15) is 5.52 Å². The summed E-state index contributed by atoms with van der Waals surface area (Å²) in [6.45, 7) is 0. The van der Waals surface area contributed by atoms with Gasteiger partial charge in [0.25, 0.3) is 0 Å². The molecule has 0 aliphatic heterocycles. The summed E-state index contributed by atoms with van der Waals surface area (Å²) >= 11 is 11.6. The minimum Gasteiger partial charge on any atom is -0.464 e. The summed E-state index contributed by atoms with van der Waals surface area (Å²) in [5, 5.41) is 0.523. The van der Waals surface area contributed by atoms with Crippen molar-refractivity contribution < 1.29 is 13.9 Å². The maximum absolute atomic E-state index is 13.7. The average Bonchev–Trinajstić information content (AvgIpc) is 2.33. The quantitative estimate of drug-likeness (QED) is 0.747. The molecule has 0 saturated carbocycles. The number of hydrogen-bond donors (Lipinski definition) is 0. The summed E-state index contributed by atoms with van der Waals surface area (Å²) < 4.78 is 18.2. The molecule has 0 N–H and O–H groups in total. The van der Waals surface area contributed by atoms with Crippen molar-refractivity contribution in [2.45, 2.75) is 0 Å². The van der Waals surface area contributed by atoms with Crippen LogP contribution in [0.4, 0.5) is 4.39 Å². The van der Waals surface area contributed by atoms with E-state index in [1.807, 2.05) is 0 Å². The third kappa shape index (κ3) is 2.06. The van der Waals surface area contributed by atoms with E-state index in [1.54, 1.807) is 0 Å². The highest BCUT2D eigenvalue weighted by Crippen LogP contribution is 2.28. The van der Waals surface area contributed by atoms with Crippen molar-refractivity contribution >= 4 is 40.1 Å². The summed E-state index contributed by atoms with van der Waals surface area (Å²) in [4.78, 5) is 15.2. The largest absolute Gasteiger partial charge is 0.464 e. The number of carbonyl (C=O) groups excluding carboxylic acids is 1. The predicted octanol–water partition coefficient (Wildman–Crippen LogP) is 3.47. The summed E-state index contributed by atoms with van der Waals surface area (Å²) in [6.07, 6.45) is 0. The molecule has 2 rings (SSSR count). The highest BCUT2D eigenvalue weighted by Gasteiger charge is 2.15. The van der Waals surface area contributed by atoms with E-state index in [2.05, 4.69) is 9.72 Å². The van der Waals surface area contributed by atoms with Crippen LogP contribution in [0.25, 0.3) is 10.9 Å². The number of benzene rings is 1. The molecule has 0 fully saturated rings. The van der Waals surface area contributed by atoms with Crippen LogP contribution in [0.1, 0.15) is 10.5 Å². The topological polar surface area (TPSA) is 39.2 Å². The fourth-order valence-corrected chi connectivity index (χ4v) is 1.81. The van der Waals surface area contributed by atoms with Gasteiger partial charge in [0.05, 0.1) is 17.2 Å². The molecule has 0 aliphatic carbocycles. The number of aromatic nitrogens is 1. The van der Waals surface area contributed by atoms with Gasteiger partial charge in [-0.05, 0) is 18.2 Å². The minimum atomic E-state index is -0.711. The molecule has 1 aromatic heterocycles. The van der Waals surface area contributed by atoms with E-state index >= 15 is 0 Å². The van der Waals surface area contributed by atoms with Crippen LogP contribution in [0.3, 0.4) is 0 Å². The van der Waals surface area contributed by atoms with Crippen LogP contribution in [-0.4, -0.2) is 18.1 Å². The Bertz CT molecular complexity index is 616. The average molecular weight is 274 g/mol. The lowest BCUT2D eigenvalue weighted by Gasteiger charge is -2.05. The first-order valence-corrected chi connectivity index (χ1v) is 5.32. The first-order valence-electron chi connectivity index (χ1n) is 4.57. The second kappa shape index (κ2) is 4.47. The molecule has 0 spiro atoms. The molecule has 1 aromatic carbocycles. The van der Waals surface area contributed by atoms with Crippen LogP contribution >= 0.6 is 23.2 Å². The van der Waals surface area contributed by atoms with Gasteiger partial charge in [-0.1, -0.05) is 23.2 Å². The fourth-order valence-electron chi connectivity index (χ4n) is 1.40. The van der Waals surface area contributed by atoms with Gasteiger partial charge in [0, 0.05) is 5.39 Å². The highest BCUT2D eigenvalue weighted by atomic mass is 35.5. The number of nitrogens with zero attached hydrogens (tertiary/aromatic N) is 1. The second-order valence-electron chi connectivity index (χ2n) is 3.24. The van der Waals surface area contributed by atoms with E-state index in [-0.39, 0.29) is 21.3 Å². The van der Waals surface area contributed by atoms with Crippen LogP contribution < -0.4 is 0 Å². The lowest BCUT2D eigenvalue weighted by Crippen LogP contribution is -2.05. The van der Waals surface area contributed by atoms with Crippen LogP contribution in [0, 0.1) is 5.82 Å². The van der Waals surface area contributed by atoms with Gasteiger partial charge >= 0.3 is 5.97 Å². The molecule has 17 heavy (non-hydrogen) atoms. The van der Waals surface area contributed by atoms with Gasteiger partial charge in [-0.15, -0.1) is 0 Å². The third-order valence-corrected chi connectivity index (χ3v) is 2.82. The van der Waals surface area contributed by atoms with E-state index in [0.717, 1.165) is 0 Å². The Hall–Kier alpha value is -1.39. The highest BCUT2D eigenvalue weighted by molar-refractivity contribution is 6.36. The van der Waals surface area contributed by atoms with Crippen LogP contribution in [0.2, 0.25) is 10.0 Å². The number of halogens is 3. The van der Waals surface area contributed by atoms with Crippen molar-refractivity contribution in [3.8, 4) is 0 Å². The Morgan fingerprint density at radius 3 is 2.71 bits per heavy atom. The molecule has 0 unspecified atom stereocenters. The lowest BCUT2D eigenvalue weighted by molar-refractivity contribution is 0.0594. The van der Waals surface area contributed by atoms with Gasteiger partial charge < -0.3 is 4.74 Å². The van der Waals surface area contributed by atoms with Crippen molar-refractivity contribution in [1.29, 1.82) is 0 Å². The second-order valence-corrected chi connectivity index (χ2v) is 4.05. The lowest BCUT2D eigenvalue weighted by atomic mass is 10.2. The number of carbonyl (C=O) groups is 1. The number of hydrogen-bond acceptors (Lipinski definition) is 3. The van der Waals surface area contributed by atoms with Gasteiger partial charge in [0.15, 0.2) is 11.5 Å². The van der Waals surface area contributed by atoms with E-state index in [4.69, 9.17) is 23.2 Å². The molecular weight excluding hydrogens is 268 g/mol. The summed E-state index contributed by atoms with van der Waals surface area (Å²) in [5.41, 5.74) is -0.114. The zero-order chi connectivity index (χ0) is 12.6. The number of esters is 1. The predicted molar refractivity (Wildman–Crippen MR) is 63.1 cm³/mol. The molecular formula is C11H6Cl2FNO2. The maximum Gasteiger partial charge on any atom is 0.356 e. The van der Waals surface area contributed by atoms with Gasteiger partial charge in [-0.25, -0.2) is 14.2 Å². The third-order valence-electron chi connectivity index (χ3n) is 2.22. The summed E-state index contributed by atoms with van der Waals surface area (Å²) in [5.74, 6) is -1.40. The van der Waals surface area contributed by atoms with Crippen LogP contribution in [0.5, 0.6) is 0 Å². The molecule has 0 aliphatic rings. The first-order chi connectivity index (χ1) is 8.04. The van der Waals surface area contributed by atoms with Crippen molar-refractivity contribution in [3.63, 3.8) is 0 Å². The zero-order valence-electron chi connectivity index (χ0n) is 8.63. The Balaban J connectivity index is 2.79. The van der Waals surface area contributed by atoms with E-state index in [9.17, 15) is 9.18 Å². The van der Waals surface area contributed by atoms with Crippen molar-refractivity contribution in [2.75, 3.05) is 7.11 Å². The SMILES string of the molecule is COC(=O)c1cc(Cl)c2ccc(Cl)c(F)c2n1. The molecule has 0 amide bonds. The molecule has 6 heteroatoms. The number of pyridine rings is 1. The Labute approximate surface area is 106 Å². The standard InChI is InChI=1S/C11H6Cl2FNO2/c1-17-11(16)8-4-7(13)5-2-3-6(12)9(14)10(5)15-8/h2-4H,1H3. The molecule has 88 valence electrons. The molecule has 3 nitrogen and oxygen atoms in total. The Kier molecular flexibility index (Phi) is 3.17. The molecule has 0 saturated heterocycles. The molecule has 1 heterocycles. The molecule has 2 aromatic rings. The normalized spacial score (nSPS) is 10.6. The van der Waals surface area contributed by atoms with E-state index in [0.29, 0.717) is 5.39 Å². The number of methoxy groups -OCH3 is 1.